The van der Waals surface area contributed by atoms with Crippen LogP contribution < -0.4 is 0 Å². The van der Waals surface area contributed by atoms with Crippen LogP contribution in [-0.4, -0.2) is 0 Å². The van der Waals surface area contributed by atoms with Crippen LogP contribution in [0.25, 0.3) is 0 Å². The fourth-order valence-corrected chi connectivity index (χ4v) is 5.15. The molecule has 0 spiro atoms. The average Bonchev–Trinajstić information content (AvgIpc) is 2.71. The van der Waals surface area contributed by atoms with Crippen molar-refractivity contribution in [3.8, 4) is 0 Å². The van der Waals surface area contributed by atoms with Gasteiger partial charge in [-0.05, 0) is 68.5 Å². The lowest BCUT2D eigenvalue weighted by Crippen LogP contribution is -1.87. The minimum Gasteiger partial charge on any atom is -0.143 e. The Labute approximate surface area is 124 Å². The molecule has 0 bridgehead atoms. The van der Waals surface area contributed by atoms with E-state index in [9.17, 15) is 0 Å². The van der Waals surface area contributed by atoms with E-state index in [0.29, 0.717) is 0 Å². The highest BCUT2D eigenvalue weighted by Gasteiger charge is 2.17. The van der Waals surface area contributed by atoms with Crippen molar-refractivity contribution >= 4 is 72.8 Å². The number of hydrogen-bond acceptors (Lipinski definition) is 2. The van der Waals surface area contributed by atoms with Crippen LogP contribution in [-0.2, 0) is 0 Å². The van der Waals surface area contributed by atoms with Gasteiger partial charge in [0.05, 0.1) is 8.26 Å². The number of halogens is 3. The number of thiophene rings is 2. The predicted molar refractivity (Wildman–Crippen MR) is 81.5 cm³/mol. The van der Waals surface area contributed by atoms with Crippen molar-refractivity contribution in [2.75, 3.05) is 0 Å². The van der Waals surface area contributed by atoms with Gasteiger partial charge in [0.25, 0.3) is 0 Å². The van der Waals surface area contributed by atoms with E-state index in [2.05, 4.69) is 63.0 Å². The summed E-state index contributed by atoms with van der Waals surface area (Å²) in [6.45, 7) is 2.10. The molecule has 0 aliphatic carbocycles. The molecule has 0 N–H and O–H groups in total. The Morgan fingerprint density at radius 3 is 2.67 bits per heavy atom. The molecule has 1 unspecified atom stereocenters. The highest BCUT2D eigenvalue weighted by atomic mass is 127. The summed E-state index contributed by atoms with van der Waals surface area (Å²) in [6, 6.07) is 4.26. The van der Waals surface area contributed by atoms with Gasteiger partial charge in [-0.1, -0.05) is 0 Å². The van der Waals surface area contributed by atoms with E-state index in [4.69, 9.17) is 11.6 Å². The summed E-state index contributed by atoms with van der Waals surface area (Å²) < 4.78 is 2.39. The maximum Gasteiger partial charge on any atom is 0.0947 e. The third-order valence-electron chi connectivity index (χ3n) is 1.95. The zero-order valence-electron chi connectivity index (χ0n) is 7.76. The third-order valence-corrected chi connectivity index (χ3v) is 6.39. The van der Waals surface area contributed by atoms with Crippen LogP contribution in [0.1, 0.15) is 20.7 Å². The van der Waals surface area contributed by atoms with Crippen molar-refractivity contribution < 1.29 is 0 Å². The van der Waals surface area contributed by atoms with Crippen molar-refractivity contribution in [1.29, 1.82) is 0 Å². The van der Waals surface area contributed by atoms with Crippen LogP contribution in [0.3, 0.4) is 0 Å². The van der Waals surface area contributed by atoms with Crippen LogP contribution in [0.5, 0.6) is 0 Å². The molecule has 2 rings (SSSR count). The summed E-state index contributed by atoms with van der Waals surface area (Å²) in [4.78, 5) is 2.48. The van der Waals surface area contributed by atoms with E-state index in [-0.39, 0.29) is 5.38 Å². The second-order valence-corrected chi connectivity index (χ2v) is 8.50. The fourth-order valence-electron chi connectivity index (χ4n) is 1.28. The van der Waals surface area contributed by atoms with Gasteiger partial charge in [-0.15, -0.1) is 34.3 Å². The highest BCUT2D eigenvalue weighted by Crippen LogP contribution is 2.40. The van der Waals surface area contributed by atoms with Crippen molar-refractivity contribution in [3.63, 3.8) is 0 Å². The molecular weight excluding hydrogens is 427 g/mol. The minimum atomic E-state index is -0.0298. The van der Waals surface area contributed by atoms with E-state index < -0.39 is 0 Å². The van der Waals surface area contributed by atoms with E-state index in [1.54, 1.807) is 22.7 Å². The Morgan fingerprint density at radius 2 is 2.20 bits per heavy atom. The maximum atomic E-state index is 6.45. The molecule has 0 amide bonds. The van der Waals surface area contributed by atoms with Gasteiger partial charge in [0.15, 0.2) is 0 Å². The number of hydrogen-bond donors (Lipinski definition) is 0. The maximum absolute atomic E-state index is 6.45. The molecule has 0 nitrogen and oxygen atoms in total. The number of aryl methyl sites for hydroxylation is 1. The number of rotatable bonds is 2. The summed E-state index contributed by atoms with van der Waals surface area (Å²) in [5.74, 6) is 0. The Kier molecular flexibility index (Phi) is 4.15. The van der Waals surface area contributed by atoms with Gasteiger partial charge in [-0.3, -0.25) is 0 Å². The van der Waals surface area contributed by atoms with Gasteiger partial charge in [-0.2, -0.15) is 0 Å². The molecule has 0 aliphatic rings. The molecule has 0 fully saturated rings. The number of alkyl halides is 1. The van der Waals surface area contributed by atoms with E-state index >= 15 is 0 Å². The Bertz CT molecular complexity index is 477. The topological polar surface area (TPSA) is 0 Å². The molecule has 80 valence electrons. The molecule has 0 saturated carbocycles. The van der Waals surface area contributed by atoms with Gasteiger partial charge in [0.2, 0.25) is 0 Å². The second-order valence-electron chi connectivity index (χ2n) is 3.12. The first-order valence-corrected chi connectivity index (χ1v) is 8.22. The lowest BCUT2D eigenvalue weighted by Gasteiger charge is -2.05. The van der Waals surface area contributed by atoms with Crippen molar-refractivity contribution in [3.05, 3.63) is 40.2 Å². The Hall–Kier alpha value is 0.900. The first-order valence-electron chi connectivity index (χ1n) is 4.21. The molecule has 0 aliphatic heterocycles. The fraction of sp³-hybridized carbons (Fsp3) is 0.200. The Morgan fingerprint density at radius 1 is 1.47 bits per heavy atom. The molecule has 0 aromatic carbocycles. The van der Waals surface area contributed by atoms with Crippen LogP contribution in [0.2, 0.25) is 0 Å². The molecule has 0 radical (unpaired) electrons. The van der Waals surface area contributed by atoms with Crippen molar-refractivity contribution in [2.45, 2.75) is 12.3 Å². The zero-order valence-corrected chi connectivity index (χ0v) is 13.9. The normalized spacial score (nSPS) is 13.1. The largest absolute Gasteiger partial charge is 0.143 e. The highest BCUT2D eigenvalue weighted by molar-refractivity contribution is 14.1. The smallest absolute Gasteiger partial charge is 0.0947 e. The van der Waals surface area contributed by atoms with E-state index in [1.165, 1.54) is 18.2 Å². The molecule has 2 aromatic rings. The molecular formula is C10H7BrClIS2. The molecule has 15 heavy (non-hydrogen) atoms. The summed E-state index contributed by atoms with van der Waals surface area (Å²) in [5.41, 5.74) is 1.19. The van der Waals surface area contributed by atoms with Gasteiger partial charge in [0.1, 0.15) is 0 Å². The molecule has 0 saturated heterocycles. The quantitative estimate of drug-likeness (QED) is 0.414. The lowest BCUT2D eigenvalue weighted by molar-refractivity contribution is 1.19. The molecule has 1 atom stereocenters. The van der Waals surface area contributed by atoms with Gasteiger partial charge in [0, 0.05) is 14.2 Å². The van der Waals surface area contributed by atoms with Gasteiger partial charge in [-0.25, -0.2) is 0 Å². The molecule has 2 aromatic heterocycles. The van der Waals surface area contributed by atoms with Crippen molar-refractivity contribution in [2.24, 2.45) is 0 Å². The van der Waals surface area contributed by atoms with Crippen LogP contribution >= 0.6 is 72.8 Å². The Balaban J connectivity index is 2.35. The minimum absolute atomic E-state index is 0.0298. The predicted octanol–water partition coefficient (Wildman–Crippen LogP) is 5.81. The van der Waals surface area contributed by atoms with E-state index in [1.807, 2.05) is 0 Å². The molecule has 2 heterocycles. The van der Waals surface area contributed by atoms with Crippen LogP contribution in [0.15, 0.2) is 22.0 Å². The summed E-state index contributed by atoms with van der Waals surface area (Å²) in [7, 11) is 0. The lowest BCUT2D eigenvalue weighted by atomic mass is 10.2. The van der Waals surface area contributed by atoms with Crippen LogP contribution in [0, 0.1) is 9.81 Å². The van der Waals surface area contributed by atoms with Crippen LogP contribution in [0.4, 0.5) is 0 Å². The standard InChI is InChI=1S/C10H7BrClIS2/c1-5-2-7(11)10(15-5)9(12)6-3-8(13)14-4-6/h2-4,9H,1H3. The SMILES string of the molecule is Cc1cc(Br)c(C(Cl)c2csc(I)c2)s1. The first-order chi connectivity index (χ1) is 7.08. The molecule has 5 heteroatoms. The first kappa shape index (κ1) is 12.4. The third kappa shape index (κ3) is 2.77. The second kappa shape index (κ2) is 5.04. The zero-order chi connectivity index (χ0) is 11.0. The summed E-state index contributed by atoms with van der Waals surface area (Å²) >= 11 is 15.8. The average molecular weight is 434 g/mol. The monoisotopic (exact) mass is 432 g/mol. The van der Waals surface area contributed by atoms with Gasteiger partial charge >= 0.3 is 0 Å². The van der Waals surface area contributed by atoms with Crippen molar-refractivity contribution in [1.82, 2.24) is 0 Å². The summed E-state index contributed by atoms with van der Waals surface area (Å²) in [6.07, 6.45) is 0. The van der Waals surface area contributed by atoms with E-state index in [0.717, 1.165) is 4.47 Å². The summed E-state index contributed by atoms with van der Waals surface area (Å²) in [5, 5.41) is 2.10. The van der Waals surface area contributed by atoms with Gasteiger partial charge < -0.3 is 0 Å².